The van der Waals surface area contributed by atoms with Crippen LogP contribution in [0.1, 0.15) is 64.0 Å². The molecule has 1 aromatic carbocycles. The van der Waals surface area contributed by atoms with Gasteiger partial charge in [0.1, 0.15) is 0 Å². The summed E-state index contributed by atoms with van der Waals surface area (Å²) in [5.74, 6) is 1.12. The van der Waals surface area contributed by atoms with E-state index >= 15 is 0 Å². The van der Waals surface area contributed by atoms with Gasteiger partial charge >= 0.3 is 0 Å². The van der Waals surface area contributed by atoms with E-state index in [4.69, 9.17) is 0 Å². The van der Waals surface area contributed by atoms with Crippen molar-refractivity contribution >= 4 is 12.4 Å². The number of halogens is 1. The molecule has 0 radical (unpaired) electrons. The topological polar surface area (TPSA) is 23.5 Å². The van der Waals surface area contributed by atoms with Gasteiger partial charge in [0, 0.05) is 23.4 Å². The molecular weight excluding hydrogens is 330 g/mol. The molecular formula is C22H34ClNO. The summed E-state index contributed by atoms with van der Waals surface area (Å²) in [6.45, 7) is 6.68. The van der Waals surface area contributed by atoms with Crippen LogP contribution in [0.25, 0.3) is 0 Å². The monoisotopic (exact) mass is 363 g/mol. The first kappa shape index (κ1) is 19.2. The fourth-order valence-electron chi connectivity index (χ4n) is 6.77. The lowest BCUT2D eigenvalue weighted by Crippen LogP contribution is -2.70. The van der Waals surface area contributed by atoms with Crippen LogP contribution in [0.5, 0.6) is 0 Å². The van der Waals surface area contributed by atoms with Crippen molar-refractivity contribution in [1.29, 1.82) is 0 Å². The highest BCUT2D eigenvalue weighted by Crippen LogP contribution is 2.61. The third-order valence-electron chi connectivity index (χ3n) is 7.93. The number of hydrogen-bond donors (Lipinski definition) is 1. The summed E-state index contributed by atoms with van der Waals surface area (Å²) in [4.78, 5) is 2.65. The number of fused-ring (bicyclic) bond motifs is 2. The quantitative estimate of drug-likeness (QED) is 0.846. The van der Waals surface area contributed by atoms with Crippen LogP contribution in [-0.4, -0.2) is 34.7 Å². The molecule has 4 aliphatic rings. The molecule has 2 saturated heterocycles. The molecule has 2 nitrogen and oxygen atoms in total. The molecule has 6 unspecified atom stereocenters. The number of likely N-dealkylation sites (N-methyl/N-ethyl adjacent to an activating group) is 1. The molecule has 3 heteroatoms. The highest BCUT2D eigenvalue weighted by molar-refractivity contribution is 5.85. The van der Waals surface area contributed by atoms with Gasteiger partial charge in [0.25, 0.3) is 0 Å². The highest BCUT2D eigenvalue weighted by Gasteiger charge is 2.62. The molecule has 6 atom stereocenters. The van der Waals surface area contributed by atoms with Crippen LogP contribution in [0.2, 0.25) is 0 Å². The van der Waals surface area contributed by atoms with E-state index in [0.717, 1.165) is 12.8 Å². The minimum absolute atomic E-state index is 0. The van der Waals surface area contributed by atoms with Gasteiger partial charge in [0.15, 0.2) is 0 Å². The van der Waals surface area contributed by atoms with Gasteiger partial charge in [-0.2, -0.15) is 0 Å². The van der Waals surface area contributed by atoms with Crippen molar-refractivity contribution in [2.24, 2.45) is 11.8 Å². The summed E-state index contributed by atoms with van der Waals surface area (Å²) in [5, 5.41) is 11.2. The minimum atomic E-state index is -0.518. The molecule has 0 amide bonds. The van der Waals surface area contributed by atoms with E-state index in [2.05, 4.69) is 57.0 Å². The van der Waals surface area contributed by atoms with Crippen molar-refractivity contribution in [3.63, 3.8) is 0 Å². The zero-order valence-corrected chi connectivity index (χ0v) is 17.0. The van der Waals surface area contributed by atoms with Crippen molar-refractivity contribution in [1.82, 2.24) is 4.90 Å². The first-order valence-electron chi connectivity index (χ1n) is 9.97. The van der Waals surface area contributed by atoms with Crippen LogP contribution in [0.15, 0.2) is 24.3 Å². The van der Waals surface area contributed by atoms with E-state index in [1.165, 1.54) is 25.7 Å². The summed E-state index contributed by atoms with van der Waals surface area (Å²) < 4.78 is 0. The van der Waals surface area contributed by atoms with Gasteiger partial charge in [-0.05, 0) is 63.1 Å². The highest BCUT2D eigenvalue weighted by atomic mass is 35.5. The third kappa shape index (κ3) is 2.59. The Balaban J connectivity index is 0.00000182. The van der Waals surface area contributed by atoms with Gasteiger partial charge in [-0.1, -0.05) is 44.5 Å². The summed E-state index contributed by atoms with van der Waals surface area (Å²) in [6, 6.07) is 10.4. The van der Waals surface area contributed by atoms with Crippen LogP contribution in [-0.2, 0) is 11.8 Å². The Morgan fingerprint density at radius 3 is 2.64 bits per heavy atom. The lowest BCUT2D eigenvalue weighted by molar-refractivity contribution is -0.155. The predicted octanol–water partition coefficient (Wildman–Crippen LogP) is 4.57. The Kier molecular flexibility index (Phi) is 5.03. The maximum absolute atomic E-state index is 11.2. The molecule has 4 bridgehead atoms. The molecule has 5 rings (SSSR count). The van der Waals surface area contributed by atoms with Gasteiger partial charge in [-0.25, -0.2) is 0 Å². The molecule has 3 fully saturated rings. The SMILES string of the molecule is CCCC(C)(O)C1CC2C3Cc4ccccc4C2(CC)CC1N3C.Cl. The smallest absolute Gasteiger partial charge is 0.0662 e. The van der Waals surface area contributed by atoms with Crippen LogP contribution >= 0.6 is 12.4 Å². The number of benzene rings is 1. The van der Waals surface area contributed by atoms with E-state index in [1.54, 1.807) is 11.1 Å². The van der Waals surface area contributed by atoms with Crippen LogP contribution in [0, 0.1) is 11.8 Å². The molecule has 2 aliphatic carbocycles. The number of piperidine rings is 2. The van der Waals surface area contributed by atoms with Crippen LogP contribution in [0.3, 0.4) is 0 Å². The molecule has 1 N–H and O–H groups in total. The van der Waals surface area contributed by atoms with Gasteiger partial charge in [0.2, 0.25) is 0 Å². The number of aliphatic hydroxyl groups is 1. The van der Waals surface area contributed by atoms with E-state index in [-0.39, 0.29) is 12.4 Å². The first-order valence-corrected chi connectivity index (χ1v) is 9.97. The lowest BCUT2D eigenvalue weighted by atomic mass is 9.47. The molecule has 140 valence electrons. The molecule has 1 aromatic rings. The Hall–Kier alpha value is -0.570. The van der Waals surface area contributed by atoms with E-state index in [1.807, 2.05) is 0 Å². The van der Waals surface area contributed by atoms with Crippen molar-refractivity contribution in [3.8, 4) is 0 Å². The molecule has 25 heavy (non-hydrogen) atoms. The largest absolute Gasteiger partial charge is 0.390 e. The van der Waals surface area contributed by atoms with Crippen LogP contribution < -0.4 is 0 Å². The predicted molar refractivity (Wildman–Crippen MR) is 106 cm³/mol. The third-order valence-corrected chi connectivity index (χ3v) is 7.93. The number of hydrogen-bond acceptors (Lipinski definition) is 2. The number of nitrogens with zero attached hydrogens (tertiary/aromatic N) is 1. The molecule has 2 aliphatic heterocycles. The Labute approximate surface area is 159 Å². The molecule has 1 saturated carbocycles. The second kappa shape index (κ2) is 6.55. The van der Waals surface area contributed by atoms with Crippen molar-refractivity contribution in [3.05, 3.63) is 35.4 Å². The average molecular weight is 364 g/mol. The van der Waals surface area contributed by atoms with Crippen molar-refractivity contribution in [2.75, 3.05) is 7.05 Å². The summed E-state index contributed by atoms with van der Waals surface area (Å²) in [6.07, 6.45) is 6.85. The number of rotatable bonds is 4. The maximum atomic E-state index is 11.2. The van der Waals surface area contributed by atoms with Crippen LogP contribution in [0.4, 0.5) is 0 Å². The maximum Gasteiger partial charge on any atom is 0.0662 e. The fraction of sp³-hybridized carbons (Fsp3) is 0.727. The van der Waals surface area contributed by atoms with Crippen molar-refractivity contribution in [2.45, 2.75) is 82.4 Å². The first-order chi connectivity index (χ1) is 11.4. The van der Waals surface area contributed by atoms with Gasteiger partial charge in [-0.3, -0.25) is 4.90 Å². The lowest BCUT2D eigenvalue weighted by Gasteiger charge is -2.67. The Bertz CT molecular complexity index is 630. The zero-order chi connectivity index (χ0) is 17.1. The van der Waals surface area contributed by atoms with Gasteiger partial charge in [-0.15, -0.1) is 12.4 Å². The summed E-state index contributed by atoms with van der Waals surface area (Å²) >= 11 is 0. The van der Waals surface area contributed by atoms with E-state index in [9.17, 15) is 5.11 Å². The van der Waals surface area contributed by atoms with Crippen molar-refractivity contribution < 1.29 is 5.11 Å². The zero-order valence-electron chi connectivity index (χ0n) is 16.2. The summed E-state index contributed by atoms with van der Waals surface area (Å²) in [7, 11) is 2.32. The van der Waals surface area contributed by atoms with E-state index < -0.39 is 5.60 Å². The molecule has 2 heterocycles. The fourth-order valence-corrected chi connectivity index (χ4v) is 6.77. The Morgan fingerprint density at radius 1 is 1.24 bits per heavy atom. The normalized spacial score (nSPS) is 38.6. The second-order valence-corrected chi connectivity index (χ2v) is 8.93. The molecule has 0 aromatic heterocycles. The minimum Gasteiger partial charge on any atom is -0.390 e. The van der Waals surface area contributed by atoms with E-state index in [0.29, 0.717) is 29.3 Å². The summed E-state index contributed by atoms with van der Waals surface area (Å²) in [5.41, 5.74) is 3.02. The second-order valence-electron chi connectivity index (χ2n) is 8.93. The molecule has 0 spiro atoms. The standard InChI is InChI=1S/C22H33NO.ClH/c1-5-11-21(3,24)17-13-18-19-12-15-9-7-8-10-16(15)22(18,6-2)14-20(17)23(19)4;/h7-10,17-20,24H,5-6,11-14H2,1-4H3;1H. The van der Waals surface area contributed by atoms with Gasteiger partial charge < -0.3 is 5.11 Å². The Morgan fingerprint density at radius 2 is 1.96 bits per heavy atom. The average Bonchev–Trinajstić information content (AvgIpc) is 2.58. The van der Waals surface area contributed by atoms with Gasteiger partial charge in [0.05, 0.1) is 5.60 Å².